The molecule has 0 radical (unpaired) electrons. The van der Waals surface area contributed by atoms with Crippen molar-refractivity contribution in [3.8, 4) is 0 Å². The second-order valence-corrected chi connectivity index (χ2v) is 5.99. The molecule has 2 amide bonds. The molecule has 0 aliphatic heterocycles. The molecule has 5 nitrogen and oxygen atoms in total. The third-order valence-corrected chi connectivity index (χ3v) is 3.87. The Morgan fingerprint density at radius 1 is 1.16 bits per heavy atom. The number of anilines is 1. The Balaban J connectivity index is 2.20. The molecule has 25 heavy (non-hydrogen) atoms. The summed E-state index contributed by atoms with van der Waals surface area (Å²) in [4.78, 5) is 28.4. The van der Waals surface area contributed by atoms with Gasteiger partial charge in [0.2, 0.25) is 0 Å². The number of aryl methyl sites for hydroxylation is 2. The highest BCUT2D eigenvalue weighted by atomic mass is 35.5. The van der Waals surface area contributed by atoms with Crippen LogP contribution in [-0.2, 0) is 0 Å². The number of nitrogens with one attached hydrogen (secondary N) is 2. The molecule has 0 bridgehead atoms. The number of pyridine rings is 1. The number of amides is 2. The quantitative estimate of drug-likeness (QED) is 0.607. The fraction of sp³-hybridized carbons (Fsp3) is 0.278. The molecule has 0 unspecified atom stereocenters. The first-order chi connectivity index (χ1) is 11.9. The Hall–Kier alpha value is -2.47. The van der Waals surface area contributed by atoms with Gasteiger partial charge in [0.05, 0.1) is 12.2 Å². The molecule has 0 atom stereocenters. The first-order valence-corrected chi connectivity index (χ1v) is 8.18. The summed E-state index contributed by atoms with van der Waals surface area (Å²) in [7, 11) is 0. The largest absolute Gasteiger partial charge is 0.352 e. The maximum Gasteiger partial charge on any atom is 0.257 e. The van der Waals surface area contributed by atoms with Crippen LogP contribution < -0.4 is 10.6 Å². The molecule has 2 rings (SSSR count). The zero-order valence-corrected chi connectivity index (χ0v) is 14.8. The lowest BCUT2D eigenvalue weighted by Crippen LogP contribution is -2.26. The van der Waals surface area contributed by atoms with E-state index in [1.165, 1.54) is 12.3 Å². The molecule has 0 saturated heterocycles. The number of alkyl halides is 1. The average molecular weight is 364 g/mol. The summed E-state index contributed by atoms with van der Waals surface area (Å²) < 4.78 is 12.2. The maximum absolute atomic E-state index is 12.3. The monoisotopic (exact) mass is 363 g/mol. The van der Waals surface area contributed by atoms with E-state index in [2.05, 4.69) is 15.6 Å². The van der Waals surface area contributed by atoms with Gasteiger partial charge in [-0.05, 0) is 49.6 Å². The fourth-order valence-electron chi connectivity index (χ4n) is 2.30. The Labute approximate surface area is 150 Å². The molecule has 2 aromatic rings. The summed E-state index contributed by atoms with van der Waals surface area (Å²) in [6, 6.07) is 6.54. The normalized spacial score (nSPS) is 10.4. The minimum Gasteiger partial charge on any atom is -0.352 e. The highest BCUT2D eigenvalue weighted by Crippen LogP contribution is 2.21. The third-order valence-electron chi connectivity index (χ3n) is 3.65. The van der Waals surface area contributed by atoms with E-state index < -0.39 is 6.67 Å². The highest BCUT2D eigenvalue weighted by Gasteiger charge is 2.14. The van der Waals surface area contributed by atoms with Crippen molar-refractivity contribution in [2.75, 3.05) is 18.5 Å². The molecule has 0 saturated carbocycles. The zero-order valence-electron chi connectivity index (χ0n) is 14.0. The molecule has 0 spiro atoms. The molecule has 0 fully saturated rings. The lowest BCUT2D eigenvalue weighted by molar-refractivity contribution is 0.0950. The minimum absolute atomic E-state index is 0.265. The van der Waals surface area contributed by atoms with Gasteiger partial charge in [0.25, 0.3) is 11.8 Å². The van der Waals surface area contributed by atoms with E-state index >= 15 is 0 Å². The van der Waals surface area contributed by atoms with E-state index in [9.17, 15) is 14.0 Å². The van der Waals surface area contributed by atoms with Crippen molar-refractivity contribution in [2.24, 2.45) is 0 Å². The van der Waals surface area contributed by atoms with Crippen LogP contribution in [0.25, 0.3) is 0 Å². The van der Waals surface area contributed by atoms with E-state index in [4.69, 9.17) is 11.6 Å². The van der Waals surface area contributed by atoms with Crippen molar-refractivity contribution in [1.29, 1.82) is 0 Å². The van der Waals surface area contributed by atoms with Gasteiger partial charge in [0.15, 0.2) is 0 Å². The molecule has 2 N–H and O–H groups in total. The first-order valence-electron chi connectivity index (χ1n) is 7.80. The SMILES string of the molecule is Cc1cc(C)c(C(=O)NCCCF)cc1NC(=O)c1ccc(Cl)nc1. The lowest BCUT2D eigenvalue weighted by atomic mass is 10.0. The van der Waals surface area contributed by atoms with Gasteiger partial charge in [0.1, 0.15) is 5.15 Å². The number of benzene rings is 1. The van der Waals surface area contributed by atoms with Crippen molar-refractivity contribution in [3.63, 3.8) is 0 Å². The van der Waals surface area contributed by atoms with Crippen LogP contribution in [0.1, 0.15) is 38.3 Å². The summed E-state index contributed by atoms with van der Waals surface area (Å²) in [5.41, 5.74) is 2.93. The molecule has 7 heteroatoms. The van der Waals surface area contributed by atoms with Crippen LogP contribution in [-0.4, -0.2) is 30.0 Å². The summed E-state index contributed by atoms with van der Waals surface area (Å²) >= 11 is 5.72. The van der Waals surface area contributed by atoms with Crippen molar-refractivity contribution >= 4 is 29.1 Å². The summed E-state index contributed by atoms with van der Waals surface area (Å²) in [6.07, 6.45) is 1.65. The van der Waals surface area contributed by atoms with Crippen LogP contribution in [0.2, 0.25) is 5.15 Å². The number of nitrogens with zero attached hydrogens (tertiary/aromatic N) is 1. The lowest BCUT2D eigenvalue weighted by Gasteiger charge is -2.13. The third kappa shape index (κ3) is 5.00. The van der Waals surface area contributed by atoms with Crippen molar-refractivity contribution in [3.05, 3.63) is 57.9 Å². The summed E-state index contributed by atoms with van der Waals surface area (Å²) in [5, 5.41) is 5.74. The van der Waals surface area contributed by atoms with Gasteiger partial charge in [-0.15, -0.1) is 0 Å². The standard InChI is InChI=1S/C18H19ClFN3O2/c1-11-8-12(2)15(9-14(11)18(25)21-7-3-6-20)23-17(24)13-4-5-16(19)22-10-13/h4-5,8-10H,3,6-7H2,1-2H3,(H,21,25)(H,23,24). The van der Waals surface area contributed by atoms with Crippen molar-refractivity contribution in [1.82, 2.24) is 10.3 Å². The second kappa shape index (κ2) is 8.58. The summed E-state index contributed by atoms with van der Waals surface area (Å²) in [6.45, 7) is 3.43. The second-order valence-electron chi connectivity index (χ2n) is 5.60. The Morgan fingerprint density at radius 3 is 2.56 bits per heavy atom. The van der Waals surface area contributed by atoms with Gasteiger partial charge in [-0.1, -0.05) is 17.7 Å². The Bertz CT molecular complexity index is 779. The number of aromatic nitrogens is 1. The molecule has 0 aliphatic rings. The van der Waals surface area contributed by atoms with Gasteiger partial charge in [-0.3, -0.25) is 14.0 Å². The topological polar surface area (TPSA) is 71.1 Å². The molecular formula is C18H19ClFN3O2. The highest BCUT2D eigenvalue weighted by molar-refractivity contribution is 6.29. The maximum atomic E-state index is 12.3. The number of hydrogen-bond donors (Lipinski definition) is 2. The van der Waals surface area contributed by atoms with Gasteiger partial charge in [-0.2, -0.15) is 0 Å². The molecule has 1 aromatic carbocycles. The molecule has 1 aromatic heterocycles. The smallest absolute Gasteiger partial charge is 0.257 e. The summed E-state index contributed by atoms with van der Waals surface area (Å²) in [5.74, 6) is -0.644. The number of rotatable bonds is 6. The van der Waals surface area contributed by atoms with E-state index in [1.807, 2.05) is 19.9 Å². The zero-order chi connectivity index (χ0) is 18.4. The van der Waals surface area contributed by atoms with Crippen LogP contribution in [0.4, 0.5) is 10.1 Å². The predicted octanol–water partition coefficient (Wildman–Crippen LogP) is 3.69. The van der Waals surface area contributed by atoms with Crippen LogP contribution in [0.15, 0.2) is 30.5 Å². The van der Waals surface area contributed by atoms with Gasteiger partial charge >= 0.3 is 0 Å². The minimum atomic E-state index is -0.483. The number of halogens is 2. The van der Waals surface area contributed by atoms with Gasteiger partial charge in [-0.25, -0.2) is 4.98 Å². The fourth-order valence-corrected chi connectivity index (χ4v) is 2.41. The van der Waals surface area contributed by atoms with Crippen LogP contribution in [0.3, 0.4) is 0 Å². The average Bonchev–Trinajstić information content (AvgIpc) is 2.58. The van der Waals surface area contributed by atoms with Crippen LogP contribution >= 0.6 is 11.6 Å². The van der Waals surface area contributed by atoms with E-state index in [1.54, 1.807) is 12.1 Å². The Morgan fingerprint density at radius 2 is 1.92 bits per heavy atom. The van der Waals surface area contributed by atoms with E-state index in [0.29, 0.717) is 22.0 Å². The molecular weight excluding hydrogens is 345 g/mol. The number of carbonyl (C=O) groups is 2. The van der Waals surface area contributed by atoms with Crippen molar-refractivity contribution in [2.45, 2.75) is 20.3 Å². The number of hydrogen-bond acceptors (Lipinski definition) is 3. The number of carbonyl (C=O) groups excluding carboxylic acids is 2. The molecule has 0 aliphatic carbocycles. The van der Waals surface area contributed by atoms with Gasteiger partial charge < -0.3 is 10.6 Å². The van der Waals surface area contributed by atoms with Crippen LogP contribution in [0.5, 0.6) is 0 Å². The van der Waals surface area contributed by atoms with E-state index in [0.717, 1.165) is 11.1 Å². The molecule has 1 heterocycles. The van der Waals surface area contributed by atoms with Crippen LogP contribution in [0, 0.1) is 13.8 Å². The van der Waals surface area contributed by atoms with E-state index in [-0.39, 0.29) is 24.8 Å². The predicted molar refractivity (Wildman–Crippen MR) is 96.0 cm³/mol. The molecule has 132 valence electrons. The Kier molecular flexibility index (Phi) is 6.47. The van der Waals surface area contributed by atoms with Gasteiger partial charge in [0, 0.05) is 24.0 Å². The van der Waals surface area contributed by atoms with Crippen molar-refractivity contribution < 1.29 is 14.0 Å². The first kappa shape index (κ1) is 18.9.